The SMILES string of the molecule is C[C@@H](N[C@H]1CC[C@H](Nc2cc(-c3cccc(NCC4(C#N)CCOCC4)n3)c(Cl)cn2)CC1)[C@@H](C)OCc1nn[nH]n1. The summed E-state index contributed by atoms with van der Waals surface area (Å²) in [6, 6.07) is 11.2. The minimum Gasteiger partial charge on any atom is -0.381 e. The largest absolute Gasteiger partial charge is 0.381 e. The molecule has 1 aliphatic heterocycles. The molecule has 1 saturated heterocycles. The standard InChI is InChI=1S/C29H39ClN10O2/c1-19(20(2)42-16-28-37-39-40-38-28)34-21-6-8-22(9-7-21)35-27-14-23(24(30)15-32-27)25-4-3-5-26(36-25)33-18-29(17-31)10-12-41-13-11-29/h3-5,14-15,19-22,34H,6-13,16,18H2,1-2H3,(H,32,35)(H,33,36)(H,37,38,39,40)/t19-,20-,21-,22-/m1/s1. The van der Waals surface area contributed by atoms with Crippen molar-refractivity contribution < 1.29 is 9.47 Å². The van der Waals surface area contributed by atoms with Crippen LogP contribution in [0.3, 0.4) is 0 Å². The molecule has 2 aliphatic rings. The Labute approximate surface area is 251 Å². The predicted octanol–water partition coefficient (Wildman–Crippen LogP) is 4.35. The Hall–Kier alpha value is -3.37. The van der Waals surface area contributed by atoms with E-state index in [2.05, 4.69) is 61.5 Å². The number of anilines is 2. The van der Waals surface area contributed by atoms with E-state index in [1.165, 1.54) is 0 Å². The Morgan fingerprint density at radius 2 is 1.95 bits per heavy atom. The molecule has 3 aromatic heterocycles. The highest BCUT2D eigenvalue weighted by Gasteiger charge is 2.32. The molecule has 3 aromatic rings. The third kappa shape index (κ3) is 7.92. The number of pyridine rings is 2. The van der Waals surface area contributed by atoms with Crippen LogP contribution in [0.15, 0.2) is 30.5 Å². The number of halogens is 1. The molecule has 2 fully saturated rings. The van der Waals surface area contributed by atoms with Gasteiger partial charge in [-0.05, 0) is 70.6 Å². The van der Waals surface area contributed by atoms with Crippen LogP contribution in [0.5, 0.6) is 0 Å². The molecule has 13 heteroatoms. The van der Waals surface area contributed by atoms with Gasteiger partial charge in [0.15, 0.2) is 5.82 Å². The lowest BCUT2D eigenvalue weighted by molar-refractivity contribution is 0.0237. The molecular weight excluding hydrogens is 556 g/mol. The third-order valence-electron chi connectivity index (χ3n) is 8.32. The highest BCUT2D eigenvalue weighted by atomic mass is 35.5. The van der Waals surface area contributed by atoms with Gasteiger partial charge in [-0.25, -0.2) is 9.97 Å². The molecule has 4 heterocycles. The van der Waals surface area contributed by atoms with Gasteiger partial charge in [-0.2, -0.15) is 10.5 Å². The van der Waals surface area contributed by atoms with Gasteiger partial charge in [0.25, 0.3) is 0 Å². The molecule has 0 bridgehead atoms. The molecule has 12 nitrogen and oxygen atoms in total. The number of nitrogens with zero attached hydrogens (tertiary/aromatic N) is 6. The average Bonchev–Trinajstić information content (AvgIpc) is 3.55. The van der Waals surface area contributed by atoms with Crippen molar-refractivity contribution in [3.05, 3.63) is 41.3 Å². The van der Waals surface area contributed by atoms with E-state index >= 15 is 0 Å². The summed E-state index contributed by atoms with van der Waals surface area (Å²) in [5, 5.41) is 34.9. The van der Waals surface area contributed by atoms with Gasteiger partial charge in [-0.3, -0.25) is 0 Å². The lowest BCUT2D eigenvalue weighted by Crippen LogP contribution is -2.46. The molecule has 0 spiro atoms. The molecule has 0 aromatic carbocycles. The Morgan fingerprint density at radius 3 is 2.69 bits per heavy atom. The van der Waals surface area contributed by atoms with Gasteiger partial charge >= 0.3 is 0 Å². The summed E-state index contributed by atoms with van der Waals surface area (Å²) in [6.07, 6.45) is 7.32. The van der Waals surface area contributed by atoms with Crippen molar-refractivity contribution in [1.82, 2.24) is 35.9 Å². The van der Waals surface area contributed by atoms with Crippen molar-refractivity contribution in [2.75, 3.05) is 30.4 Å². The number of rotatable bonds is 12. The first-order valence-electron chi connectivity index (χ1n) is 14.7. The lowest BCUT2D eigenvalue weighted by atomic mass is 9.82. The van der Waals surface area contributed by atoms with E-state index in [9.17, 15) is 5.26 Å². The Bertz CT molecular complexity index is 1320. The number of ether oxygens (including phenoxy) is 2. The molecule has 0 amide bonds. The summed E-state index contributed by atoms with van der Waals surface area (Å²) in [5.41, 5.74) is 1.14. The summed E-state index contributed by atoms with van der Waals surface area (Å²) >= 11 is 6.58. The van der Waals surface area contributed by atoms with Crippen molar-refractivity contribution in [2.24, 2.45) is 5.41 Å². The van der Waals surface area contributed by atoms with Crippen LogP contribution in [0.1, 0.15) is 58.2 Å². The molecule has 0 unspecified atom stereocenters. The summed E-state index contributed by atoms with van der Waals surface area (Å²) in [7, 11) is 0. The molecule has 4 N–H and O–H groups in total. The van der Waals surface area contributed by atoms with Crippen molar-refractivity contribution in [3.8, 4) is 17.3 Å². The normalized spacial score (nSPS) is 21.7. The molecule has 2 atom stereocenters. The Morgan fingerprint density at radius 1 is 1.17 bits per heavy atom. The fraction of sp³-hybridized carbons (Fsp3) is 0.586. The zero-order valence-corrected chi connectivity index (χ0v) is 24.9. The first-order valence-corrected chi connectivity index (χ1v) is 15.0. The molecule has 224 valence electrons. The topological polar surface area (TPSA) is 159 Å². The van der Waals surface area contributed by atoms with E-state index in [1.54, 1.807) is 6.20 Å². The zero-order chi connectivity index (χ0) is 29.4. The van der Waals surface area contributed by atoms with E-state index in [1.807, 2.05) is 24.3 Å². The van der Waals surface area contributed by atoms with E-state index in [0.717, 1.165) is 42.8 Å². The number of hydrogen-bond acceptors (Lipinski definition) is 11. The molecule has 0 radical (unpaired) electrons. The van der Waals surface area contributed by atoms with Gasteiger partial charge < -0.3 is 25.4 Å². The molecule has 5 rings (SSSR count). The fourth-order valence-electron chi connectivity index (χ4n) is 5.46. The number of nitriles is 1. The molecule has 42 heavy (non-hydrogen) atoms. The second-order valence-corrected chi connectivity index (χ2v) is 11.7. The van der Waals surface area contributed by atoms with Crippen LogP contribution in [0.25, 0.3) is 11.3 Å². The second-order valence-electron chi connectivity index (χ2n) is 11.3. The third-order valence-corrected chi connectivity index (χ3v) is 8.62. The average molecular weight is 595 g/mol. The quantitative estimate of drug-likeness (QED) is 0.236. The smallest absolute Gasteiger partial charge is 0.200 e. The van der Waals surface area contributed by atoms with Crippen molar-refractivity contribution >= 4 is 23.2 Å². The second kappa shape index (κ2) is 14.2. The lowest BCUT2D eigenvalue weighted by Gasteiger charge is -2.33. The van der Waals surface area contributed by atoms with Gasteiger partial charge in [0.2, 0.25) is 0 Å². The molecular formula is C29H39ClN10O2. The van der Waals surface area contributed by atoms with Gasteiger partial charge in [-0.1, -0.05) is 22.9 Å². The van der Waals surface area contributed by atoms with E-state index in [-0.39, 0.29) is 12.1 Å². The number of H-pyrrole nitrogens is 1. The van der Waals surface area contributed by atoms with Crippen molar-refractivity contribution in [3.63, 3.8) is 0 Å². The van der Waals surface area contributed by atoms with Gasteiger partial charge in [-0.15, -0.1) is 10.2 Å². The summed E-state index contributed by atoms with van der Waals surface area (Å²) < 4.78 is 11.3. The van der Waals surface area contributed by atoms with Gasteiger partial charge in [0, 0.05) is 49.6 Å². The summed E-state index contributed by atoms with van der Waals surface area (Å²) in [6.45, 7) is 6.30. The molecule has 1 aliphatic carbocycles. The number of aromatic amines is 1. The molecule has 1 saturated carbocycles. The Balaban J connectivity index is 1.12. The van der Waals surface area contributed by atoms with Gasteiger partial charge in [0.1, 0.15) is 18.2 Å². The van der Waals surface area contributed by atoms with Crippen LogP contribution in [0, 0.1) is 16.7 Å². The van der Waals surface area contributed by atoms with E-state index in [4.69, 9.17) is 26.1 Å². The maximum Gasteiger partial charge on any atom is 0.200 e. The van der Waals surface area contributed by atoms with Crippen LogP contribution in [-0.2, 0) is 16.1 Å². The fourth-order valence-corrected chi connectivity index (χ4v) is 5.66. The number of nitrogens with one attached hydrogen (secondary N) is 4. The van der Waals surface area contributed by atoms with E-state index < -0.39 is 5.41 Å². The van der Waals surface area contributed by atoms with Crippen LogP contribution in [-0.4, -0.2) is 74.6 Å². The Kier molecular flexibility index (Phi) is 10.2. The summed E-state index contributed by atoms with van der Waals surface area (Å²) in [4.78, 5) is 9.35. The monoisotopic (exact) mass is 594 g/mol. The van der Waals surface area contributed by atoms with Crippen LogP contribution < -0.4 is 16.0 Å². The zero-order valence-electron chi connectivity index (χ0n) is 24.1. The van der Waals surface area contributed by atoms with E-state index in [0.29, 0.717) is 68.0 Å². The van der Waals surface area contributed by atoms with Gasteiger partial charge in [0.05, 0.1) is 28.3 Å². The van der Waals surface area contributed by atoms with Crippen LogP contribution >= 0.6 is 11.6 Å². The highest BCUT2D eigenvalue weighted by molar-refractivity contribution is 6.33. The first kappa shape index (κ1) is 30.1. The maximum atomic E-state index is 9.77. The van der Waals surface area contributed by atoms with Crippen molar-refractivity contribution in [1.29, 1.82) is 5.26 Å². The van der Waals surface area contributed by atoms with Crippen LogP contribution in [0.4, 0.5) is 11.6 Å². The first-order chi connectivity index (χ1) is 20.4. The minimum atomic E-state index is -0.434. The number of aromatic nitrogens is 6. The highest BCUT2D eigenvalue weighted by Crippen LogP contribution is 2.32. The van der Waals surface area contributed by atoms with Crippen LogP contribution in [0.2, 0.25) is 5.02 Å². The minimum absolute atomic E-state index is 0.0210. The number of hydrogen-bond donors (Lipinski definition) is 4. The predicted molar refractivity (Wildman–Crippen MR) is 160 cm³/mol. The van der Waals surface area contributed by atoms with Crippen molar-refractivity contribution in [2.45, 2.75) is 83.2 Å². The maximum absolute atomic E-state index is 9.77. The number of tetrazole rings is 1. The summed E-state index contributed by atoms with van der Waals surface area (Å²) in [5.74, 6) is 2.05.